The Morgan fingerprint density at radius 3 is 2.62 bits per heavy atom. The first-order valence-corrected chi connectivity index (χ1v) is 10.1. The molecule has 4 aliphatic rings. The molecule has 5 nitrogen and oxygen atoms in total. The lowest BCUT2D eigenvalue weighted by molar-refractivity contribution is -0.131. The maximum Gasteiger partial charge on any atom is 0.219 e. The van der Waals surface area contributed by atoms with Gasteiger partial charge >= 0.3 is 0 Å². The number of ketones is 2. The Morgan fingerprint density at radius 2 is 1.88 bits per heavy atom. The Labute approximate surface area is 155 Å². The lowest BCUT2D eigenvalue weighted by Crippen LogP contribution is -2.37. The topological polar surface area (TPSA) is 57.7 Å². The predicted molar refractivity (Wildman–Crippen MR) is 98.2 cm³/mol. The normalized spacial score (nSPS) is 26.1. The van der Waals surface area contributed by atoms with Gasteiger partial charge in [0.2, 0.25) is 5.91 Å². The summed E-state index contributed by atoms with van der Waals surface area (Å²) in [7, 11) is 0. The van der Waals surface area contributed by atoms with Gasteiger partial charge in [0, 0.05) is 50.8 Å². The molecule has 5 heteroatoms. The van der Waals surface area contributed by atoms with E-state index in [9.17, 15) is 14.4 Å². The number of carbonyl (C=O) groups is 3. The van der Waals surface area contributed by atoms with Crippen molar-refractivity contribution in [1.82, 2.24) is 9.80 Å². The maximum atomic E-state index is 12.9. The zero-order valence-electron chi connectivity index (χ0n) is 15.6. The minimum Gasteiger partial charge on any atom is -0.371 e. The van der Waals surface area contributed by atoms with Crippen molar-refractivity contribution < 1.29 is 14.4 Å². The molecular formula is C21H28N2O3. The average molecular weight is 356 g/mol. The first kappa shape index (κ1) is 17.5. The van der Waals surface area contributed by atoms with E-state index in [1.807, 2.05) is 11.0 Å². The lowest BCUT2D eigenvalue weighted by atomic mass is 9.80. The highest BCUT2D eigenvalue weighted by molar-refractivity contribution is 6.13. The molecule has 1 unspecified atom stereocenters. The van der Waals surface area contributed by atoms with Gasteiger partial charge in [-0.2, -0.15) is 0 Å². The lowest BCUT2D eigenvalue weighted by Gasteiger charge is -2.33. The van der Waals surface area contributed by atoms with E-state index >= 15 is 0 Å². The Balaban J connectivity index is 1.36. The van der Waals surface area contributed by atoms with Gasteiger partial charge in [0.25, 0.3) is 0 Å². The van der Waals surface area contributed by atoms with Crippen molar-refractivity contribution >= 4 is 17.5 Å². The second-order valence-corrected chi connectivity index (χ2v) is 8.16. The van der Waals surface area contributed by atoms with Crippen LogP contribution < -0.4 is 0 Å². The number of likely N-dealkylation sites (tertiary alicyclic amines) is 1. The third-order valence-corrected chi connectivity index (χ3v) is 6.57. The molecule has 0 spiro atoms. The summed E-state index contributed by atoms with van der Waals surface area (Å²) in [6.45, 7) is 5.19. The molecular weight excluding hydrogens is 328 g/mol. The molecule has 1 atom stereocenters. The number of nitrogens with zero attached hydrogens (tertiary/aromatic N) is 2. The van der Waals surface area contributed by atoms with Gasteiger partial charge < -0.3 is 9.80 Å². The predicted octanol–water partition coefficient (Wildman–Crippen LogP) is 2.47. The Hall–Kier alpha value is -1.91. The summed E-state index contributed by atoms with van der Waals surface area (Å²) in [6.07, 6.45) is 8.15. The van der Waals surface area contributed by atoms with E-state index in [-0.39, 0.29) is 17.5 Å². The molecule has 0 aromatic heterocycles. The van der Waals surface area contributed by atoms with Crippen molar-refractivity contribution in [2.75, 3.05) is 26.2 Å². The molecule has 2 saturated heterocycles. The van der Waals surface area contributed by atoms with Gasteiger partial charge in [-0.1, -0.05) is 6.08 Å². The van der Waals surface area contributed by atoms with Crippen LogP contribution in [-0.2, 0) is 14.4 Å². The van der Waals surface area contributed by atoms with Crippen LogP contribution in [0.25, 0.3) is 0 Å². The molecule has 1 amide bonds. The Kier molecular flexibility index (Phi) is 4.72. The number of piperidine rings is 2. The zero-order chi connectivity index (χ0) is 18.3. The monoisotopic (exact) mass is 356 g/mol. The van der Waals surface area contributed by atoms with Crippen LogP contribution in [0.2, 0.25) is 0 Å². The highest BCUT2D eigenvalue weighted by Crippen LogP contribution is 2.41. The van der Waals surface area contributed by atoms with Crippen LogP contribution in [0.5, 0.6) is 0 Å². The fraction of sp³-hybridized carbons (Fsp3) is 0.667. The van der Waals surface area contributed by atoms with E-state index in [0.29, 0.717) is 12.3 Å². The smallest absolute Gasteiger partial charge is 0.219 e. The number of rotatable bonds is 4. The number of Topliss-reactive ketones (excluding diaryl/α,β-unsaturated/α-hetero) is 2. The molecule has 3 aliphatic heterocycles. The molecule has 0 saturated carbocycles. The van der Waals surface area contributed by atoms with E-state index in [1.165, 1.54) is 5.57 Å². The molecule has 1 aliphatic carbocycles. The van der Waals surface area contributed by atoms with E-state index in [4.69, 9.17) is 0 Å². The number of amides is 1. The molecule has 4 rings (SSSR count). The summed E-state index contributed by atoms with van der Waals surface area (Å²) < 4.78 is 0. The first-order chi connectivity index (χ1) is 12.5. The highest BCUT2D eigenvalue weighted by Gasteiger charge is 2.40. The number of hydrogen-bond donors (Lipinski definition) is 0. The maximum absolute atomic E-state index is 12.9. The second-order valence-electron chi connectivity index (χ2n) is 8.16. The second kappa shape index (κ2) is 7.01. The van der Waals surface area contributed by atoms with Crippen LogP contribution in [0.4, 0.5) is 0 Å². The van der Waals surface area contributed by atoms with Gasteiger partial charge in [0.1, 0.15) is 5.78 Å². The zero-order valence-corrected chi connectivity index (χ0v) is 15.6. The number of carbonyl (C=O) groups excluding carboxylic acids is 3. The van der Waals surface area contributed by atoms with Crippen molar-refractivity contribution in [3.63, 3.8) is 0 Å². The molecule has 3 heterocycles. The summed E-state index contributed by atoms with van der Waals surface area (Å²) >= 11 is 0. The molecule has 0 bridgehead atoms. The SMILES string of the molecule is CC(=O)N1CCC(CCC(=O)C2C=C3CCCN4CCC(=C34)C2=O)CC1. The third kappa shape index (κ3) is 3.12. The summed E-state index contributed by atoms with van der Waals surface area (Å²) in [5.74, 6) is 0.240. The summed E-state index contributed by atoms with van der Waals surface area (Å²) in [6, 6.07) is 0. The van der Waals surface area contributed by atoms with Crippen LogP contribution in [-0.4, -0.2) is 53.5 Å². The van der Waals surface area contributed by atoms with E-state index in [1.54, 1.807) is 6.92 Å². The van der Waals surface area contributed by atoms with Crippen molar-refractivity contribution in [3.05, 3.63) is 22.9 Å². The first-order valence-electron chi connectivity index (χ1n) is 10.1. The third-order valence-electron chi connectivity index (χ3n) is 6.57. The Bertz CT molecular complexity index is 698. The van der Waals surface area contributed by atoms with Gasteiger partial charge in [-0.25, -0.2) is 0 Å². The minimum atomic E-state index is -0.542. The highest BCUT2D eigenvalue weighted by atomic mass is 16.2. The molecule has 0 aromatic rings. The number of allylic oxidation sites excluding steroid dienone is 2. The molecule has 0 radical (unpaired) electrons. The standard InChI is InChI=1S/C21H28N2O3/c1-14(24)22-10-6-15(7-11-22)4-5-19(25)18-13-16-3-2-9-23-12-8-17(20(16)23)21(18)26/h13,15,18H,2-12H2,1H3. The summed E-state index contributed by atoms with van der Waals surface area (Å²) in [5.41, 5.74) is 3.30. The molecule has 2 fully saturated rings. The van der Waals surface area contributed by atoms with Crippen molar-refractivity contribution in [2.45, 2.75) is 51.9 Å². The summed E-state index contributed by atoms with van der Waals surface area (Å²) in [4.78, 5) is 41.3. The van der Waals surface area contributed by atoms with Gasteiger partial charge in [0.15, 0.2) is 5.78 Å². The Morgan fingerprint density at radius 1 is 1.12 bits per heavy atom. The van der Waals surface area contributed by atoms with Crippen LogP contribution >= 0.6 is 0 Å². The fourth-order valence-corrected chi connectivity index (χ4v) is 5.01. The van der Waals surface area contributed by atoms with E-state index < -0.39 is 5.92 Å². The van der Waals surface area contributed by atoms with Crippen LogP contribution in [0.3, 0.4) is 0 Å². The number of hydrogen-bond acceptors (Lipinski definition) is 4. The van der Waals surface area contributed by atoms with E-state index in [2.05, 4.69) is 4.90 Å². The van der Waals surface area contributed by atoms with Crippen molar-refractivity contribution in [2.24, 2.45) is 11.8 Å². The average Bonchev–Trinajstić information content (AvgIpc) is 3.09. The fourth-order valence-electron chi connectivity index (χ4n) is 5.01. The van der Waals surface area contributed by atoms with E-state index in [0.717, 1.165) is 76.0 Å². The largest absolute Gasteiger partial charge is 0.371 e. The quantitative estimate of drug-likeness (QED) is 0.726. The van der Waals surface area contributed by atoms with Gasteiger partial charge in [-0.3, -0.25) is 14.4 Å². The minimum absolute atomic E-state index is 0.0598. The van der Waals surface area contributed by atoms with Crippen LogP contribution in [0, 0.1) is 11.8 Å². The van der Waals surface area contributed by atoms with Gasteiger partial charge in [-0.05, 0) is 50.0 Å². The van der Waals surface area contributed by atoms with Crippen LogP contribution in [0.15, 0.2) is 22.9 Å². The van der Waals surface area contributed by atoms with Crippen molar-refractivity contribution in [1.29, 1.82) is 0 Å². The molecule has 26 heavy (non-hydrogen) atoms. The van der Waals surface area contributed by atoms with Crippen LogP contribution in [0.1, 0.15) is 51.9 Å². The van der Waals surface area contributed by atoms with Gasteiger partial charge in [0.05, 0.1) is 5.92 Å². The summed E-state index contributed by atoms with van der Waals surface area (Å²) in [5, 5.41) is 0. The molecule has 0 aromatic carbocycles. The van der Waals surface area contributed by atoms with Crippen molar-refractivity contribution in [3.8, 4) is 0 Å². The molecule has 0 N–H and O–H groups in total. The molecule has 140 valence electrons. The van der Waals surface area contributed by atoms with Gasteiger partial charge in [-0.15, -0.1) is 0 Å².